The van der Waals surface area contributed by atoms with Crippen molar-refractivity contribution in [1.29, 1.82) is 0 Å². The zero-order chi connectivity index (χ0) is 35.2. The van der Waals surface area contributed by atoms with E-state index in [0.29, 0.717) is 5.56 Å². The van der Waals surface area contributed by atoms with Crippen molar-refractivity contribution in [2.24, 2.45) is 11.7 Å². The van der Waals surface area contributed by atoms with Crippen LogP contribution in [-0.4, -0.2) is 78.1 Å². The minimum absolute atomic E-state index is 0.0111. The van der Waals surface area contributed by atoms with Gasteiger partial charge in [-0.3, -0.25) is 19.2 Å². The Morgan fingerprint density at radius 1 is 0.708 bits per heavy atom. The van der Waals surface area contributed by atoms with Gasteiger partial charge >= 0.3 is 5.97 Å². The van der Waals surface area contributed by atoms with Crippen LogP contribution in [0.5, 0.6) is 11.5 Å². The monoisotopic (exact) mass is 661 g/mol. The number of phenols is 1. The Kier molecular flexibility index (Phi) is 13.9. The van der Waals surface area contributed by atoms with Crippen LogP contribution in [0.2, 0.25) is 0 Å². The molecule has 256 valence electrons. The number of hydrogen-bond acceptors (Lipinski definition) is 8. The number of amides is 4. The van der Waals surface area contributed by atoms with E-state index < -0.39 is 60.8 Å². The topological polar surface area (TPSA) is 209 Å². The van der Waals surface area contributed by atoms with E-state index in [0.717, 1.165) is 22.4 Å². The van der Waals surface area contributed by atoms with Crippen LogP contribution in [0.25, 0.3) is 11.1 Å². The lowest BCUT2D eigenvalue weighted by atomic mass is 9.99. The van der Waals surface area contributed by atoms with Crippen molar-refractivity contribution in [2.45, 2.75) is 51.2 Å². The number of phenolic OH excluding ortho intramolecular Hbond substituents is 1. The van der Waals surface area contributed by atoms with Crippen molar-refractivity contribution in [3.05, 3.63) is 83.9 Å². The average Bonchev–Trinajstić information content (AvgIpc) is 3.06. The zero-order valence-corrected chi connectivity index (χ0v) is 27.2. The van der Waals surface area contributed by atoms with E-state index in [4.69, 9.17) is 10.5 Å². The summed E-state index contributed by atoms with van der Waals surface area (Å²) in [4.78, 5) is 62.7. The Bertz CT molecular complexity index is 1540. The summed E-state index contributed by atoms with van der Waals surface area (Å²) in [7, 11) is 1.59. The number of benzene rings is 3. The fourth-order valence-corrected chi connectivity index (χ4v) is 4.79. The molecule has 0 unspecified atom stereocenters. The van der Waals surface area contributed by atoms with Gasteiger partial charge in [-0.15, -0.1) is 0 Å². The molecular formula is C35H43N5O8. The smallest absolute Gasteiger partial charge is 0.326 e. The lowest BCUT2D eigenvalue weighted by Crippen LogP contribution is -2.54. The zero-order valence-electron chi connectivity index (χ0n) is 27.2. The minimum atomic E-state index is -1.19. The molecule has 3 aromatic carbocycles. The van der Waals surface area contributed by atoms with Crippen LogP contribution in [0.1, 0.15) is 31.4 Å². The number of carboxylic acids is 1. The van der Waals surface area contributed by atoms with Gasteiger partial charge in [0.15, 0.2) is 0 Å². The average molecular weight is 662 g/mol. The third-order valence-corrected chi connectivity index (χ3v) is 7.39. The molecule has 48 heavy (non-hydrogen) atoms. The van der Waals surface area contributed by atoms with Crippen LogP contribution in [0.15, 0.2) is 72.8 Å². The van der Waals surface area contributed by atoms with Crippen molar-refractivity contribution >= 4 is 29.6 Å². The molecule has 3 rings (SSSR count). The highest BCUT2D eigenvalue weighted by Gasteiger charge is 2.27. The molecule has 8 N–H and O–H groups in total. The van der Waals surface area contributed by atoms with Crippen molar-refractivity contribution in [1.82, 2.24) is 21.3 Å². The summed E-state index contributed by atoms with van der Waals surface area (Å²) >= 11 is 0. The lowest BCUT2D eigenvalue weighted by Gasteiger charge is -2.23. The number of aromatic hydroxyl groups is 1. The molecular weight excluding hydrogens is 618 g/mol. The highest BCUT2D eigenvalue weighted by molar-refractivity contribution is 5.93. The van der Waals surface area contributed by atoms with Crippen LogP contribution in [0, 0.1) is 5.92 Å². The number of ether oxygens (including phenoxy) is 1. The summed E-state index contributed by atoms with van der Waals surface area (Å²) in [6, 6.07) is 17.8. The van der Waals surface area contributed by atoms with Crippen LogP contribution in [-0.2, 0) is 36.8 Å². The van der Waals surface area contributed by atoms with Crippen LogP contribution in [0.3, 0.4) is 0 Å². The molecule has 0 aliphatic rings. The van der Waals surface area contributed by atoms with Crippen molar-refractivity contribution < 1.29 is 38.9 Å². The fraction of sp³-hybridized carbons (Fsp3) is 0.343. The van der Waals surface area contributed by atoms with Crippen LogP contribution < -0.4 is 31.7 Å². The van der Waals surface area contributed by atoms with Crippen molar-refractivity contribution in [3.63, 3.8) is 0 Å². The van der Waals surface area contributed by atoms with Gasteiger partial charge in [0.1, 0.15) is 23.6 Å². The number of nitrogens with two attached hydrogens (primary N) is 1. The third-order valence-electron chi connectivity index (χ3n) is 7.39. The number of carbonyl (C=O) groups is 5. The number of carbonyl (C=O) groups excluding carboxylic acids is 4. The number of nitrogens with one attached hydrogen (secondary N) is 4. The van der Waals surface area contributed by atoms with Crippen LogP contribution in [0.4, 0.5) is 0 Å². The predicted molar refractivity (Wildman–Crippen MR) is 179 cm³/mol. The number of carboxylic acid groups (broad SMARTS) is 1. The summed E-state index contributed by atoms with van der Waals surface area (Å²) in [5.41, 5.74) is 9.23. The Morgan fingerprint density at radius 2 is 1.25 bits per heavy atom. The SMILES string of the molecule is COc1ccc(-c2ccc(C[C@H](NC(=O)CNC(=O)CNC(=O)[C@@H](N)Cc3ccc(O)cc3)C(=O)N[C@@H](CC(C)C)C(=O)O)cc2)cc1. The number of rotatable bonds is 17. The molecule has 0 aliphatic heterocycles. The van der Waals surface area contributed by atoms with E-state index in [9.17, 15) is 34.2 Å². The van der Waals surface area contributed by atoms with Crippen molar-refractivity contribution in [3.8, 4) is 22.6 Å². The molecule has 0 aliphatic carbocycles. The van der Waals surface area contributed by atoms with Gasteiger partial charge in [-0.25, -0.2) is 4.79 Å². The molecule has 3 atom stereocenters. The molecule has 0 heterocycles. The predicted octanol–water partition coefficient (Wildman–Crippen LogP) is 1.51. The first-order valence-corrected chi connectivity index (χ1v) is 15.5. The molecule has 3 aromatic rings. The maximum Gasteiger partial charge on any atom is 0.326 e. The van der Waals surface area contributed by atoms with Gasteiger partial charge in [0.25, 0.3) is 0 Å². The first kappa shape index (κ1) is 37.0. The van der Waals surface area contributed by atoms with E-state index in [1.54, 1.807) is 19.2 Å². The highest BCUT2D eigenvalue weighted by atomic mass is 16.5. The minimum Gasteiger partial charge on any atom is -0.508 e. The fourth-order valence-electron chi connectivity index (χ4n) is 4.79. The molecule has 0 saturated heterocycles. The van der Waals surface area contributed by atoms with Gasteiger partial charge in [-0.2, -0.15) is 0 Å². The molecule has 13 heteroatoms. The maximum atomic E-state index is 13.3. The molecule has 0 radical (unpaired) electrons. The van der Waals surface area contributed by atoms with Gasteiger partial charge in [-0.05, 0) is 65.3 Å². The normalized spacial score (nSPS) is 12.7. The molecule has 13 nitrogen and oxygen atoms in total. The number of aliphatic carboxylic acids is 1. The number of hydrogen-bond donors (Lipinski definition) is 7. The van der Waals surface area contributed by atoms with E-state index in [1.165, 1.54) is 12.1 Å². The first-order chi connectivity index (χ1) is 22.8. The summed E-state index contributed by atoms with van der Waals surface area (Å²) in [6.07, 6.45) is 0.430. The van der Waals surface area contributed by atoms with E-state index in [-0.39, 0.29) is 30.9 Å². The summed E-state index contributed by atoms with van der Waals surface area (Å²) < 4.78 is 5.21. The van der Waals surface area contributed by atoms with E-state index in [2.05, 4.69) is 21.3 Å². The van der Waals surface area contributed by atoms with Gasteiger partial charge in [-0.1, -0.05) is 62.4 Å². The van der Waals surface area contributed by atoms with Crippen LogP contribution >= 0.6 is 0 Å². The third kappa shape index (κ3) is 12.1. The molecule has 0 bridgehead atoms. The van der Waals surface area contributed by atoms with Crippen molar-refractivity contribution in [2.75, 3.05) is 20.2 Å². The largest absolute Gasteiger partial charge is 0.508 e. The molecule has 4 amide bonds. The summed E-state index contributed by atoms with van der Waals surface area (Å²) in [5, 5.41) is 29.0. The maximum absolute atomic E-state index is 13.3. The van der Waals surface area contributed by atoms with Gasteiger partial charge in [0.05, 0.1) is 26.2 Å². The van der Waals surface area contributed by atoms with Gasteiger partial charge in [0, 0.05) is 6.42 Å². The Morgan fingerprint density at radius 3 is 1.81 bits per heavy atom. The number of methoxy groups -OCH3 is 1. The lowest BCUT2D eigenvalue weighted by molar-refractivity contribution is -0.142. The van der Waals surface area contributed by atoms with E-state index >= 15 is 0 Å². The second-order valence-corrected chi connectivity index (χ2v) is 11.8. The molecule has 0 fully saturated rings. The Hall–Kier alpha value is -5.43. The molecule has 0 spiro atoms. The Labute approximate surface area is 279 Å². The van der Waals surface area contributed by atoms with Gasteiger partial charge in [0.2, 0.25) is 23.6 Å². The highest BCUT2D eigenvalue weighted by Crippen LogP contribution is 2.23. The summed E-state index contributed by atoms with van der Waals surface area (Å²) in [6.45, 7) is 2.73. The second kappa shape index (κ2) is 18.0. The van der Waals surface area contributed by atoms with E-state index in [1.807, 2.05) is 62.4 Å². The second-order valence-electron chi connectivity index (χ2n) is 11.8. The first-order valence-electron chi connectivity index (χ1n) is 15.5. The quantitative estimate of drug-likeness (QED) is 0.112. The molecule has 0 aromatic heterocycles. The summed E-state index contributed by atoms with van der Waals surface area (Å²) in [5.74, 6) is -3.00. The Balaban J connectivity index is 1.60. The van der Waals surface area contributed by atoms with Gasteiger partial charge < -0.3 is 42.0 Å². The standard InChI is InChI=1S/C35H43N5O8/c1-21(2)16-30(35(46)47)40-34(45)29(18-23-4-8-24(9-5-23)25-10-14-27(48-3)15-11-25)39-32(43)20-37-31(42)19-38-33(44)28(36)17-22-6-12-26(41)13-7-22/h4-15,21,28-30,41H,16-20,36H2,1-3H3,(H,37,42)(H,38,44)(H,39,43)(H,40,45)(H,46,47)/t28-,29-,30-/m0/s1. The molecule has 0 saturated carbocycles.